The molecule has 0 fully saturated rings. The Kier molecular flexibility index (Phi) is 6.20. The maximum Gasteiger partial charge on any atom is 0.0738 e. The van der Waals surface area contributed by atoms with Crippen LogP contribution < -0.4 is 5.32 Å². The fourth-order valence-electron chi connectivity index (χ4n) is 1.98. The van der Waals surface area contributed by atoms with Crippen LogP contribution in [0.5, 0.6) is 0 Å². The highest BCUT2D eigenvalue weighted by atomic mass is 79.9. The first-order chi connectivity index (χ1) is 8.06. The highest BCUT2D eigenvalue weighted by Crippen LogP contribution is 2.23. The van der Waals surface area contributed by atoms with Crippen LogP contribution in [0.15, 0.2) is 4.47 Å². The molecule has 17 heavy (non-hydrogen) atoms. The van der Waals surface area contributed by atoms with Gasteiger partial charge in [0, 0.05) is 7.05 Å². The molecule has 1 aromatic heterocycles. The summed E-state index contributed by atoms with van der Waals surface area (Å²) in [6.07, 6.45) is 3.52. The second-order valence-electron chi connectivity index (χ2n) is 4.82. The summed E-state index contributed by atoms with van der Waals surface area (Å²) >= 11 is 3.62. The van der Waals surface area contributed by atoms with Crippen LogP contribution in [0.3, 0.4) is 0 Å². The molecular formula is C13H24BrN3. The molecule has 98 valence electrons. The summed E-state index contributed by atoms with van der Waals surface area (Å²) in [5.41, 5.74) is 2.39. The van der Waals surface area contributed by atoms with Gasteiger partial charge < -0.3 is 5.32 Å². The van der Waals surface area contributed by atoms with E-state index in [0.717, 1.165) is 25.2 Å². The van der Waals surface area contributed by atoms with Gasteiger partial charge in [-0.15, -0.1) is 0 Å². The Balaban J connectivity index is 2.42. The van der Waals surface area contributed by atoms with E-state index in [1.807, 2.05) is 18.7 Å². The van der Waals surface area contributed by atoms with Gasteiger partial charge in [-0.2, -0.15) is 5.10 Å². The molecule has 1 heterocycles. The van der Waals surface area contributed by atoms with Crippen molar-refractivity contribution in [2.24, 2.45) is 13.0 Å². The van der Waals surface area contributed by atoms with Crippen LogP contribution in [0.25, 0.3) is 0 Å². The first-order valence-corrected chi connectivity index (χ1v) is 7.24. The fraction of sp³-hybridized carbons (Fsp3) is 0.769. The molecule has 0 aliphatic heterocycles. The Bertz CT molecular complexity index is 347. The Morgan fingerprint density at radius 1 is 1.41 bits per heavy atom. The fourth-order valence-corrected chi connectivity index (χ4v) is 2.48. The standard InChI is InChI=1S/C13H24BrN3/c1-5-7-15-8-6-10(2)9-12-13(14)11(3)16-17(12)4/h10,15H,5-9H2,1-4H3. The SMILES string of the molecule is CCCNCCC(C)Cc1c(Br)c(C)nn1C. The molecule has 1 rings (SSSR count). The van der Waals surface area contributed by atoms with E-state index in [9.17, 15) is 0 Å². The zero-order chi connectivity index (χ0) is 12.8. The van der Waals surface area contributed by atoms with Crippen molar-refractivity contribution in [2.45, 2.75) is 40.0 Å². The third-order valence-electron chi connectivity index (χ3n) is 3.04. The lowest BCUT2D eigenvalue weighted by atomic mass is 10.0. The number of hydrogen-bond donors (Lipinski definition) is 1. The number of halogens is 1. The Morgan fingerprint density at radius 3 is 2.65 bits per heavy atom. The minimum atomic E-state index is 0.686. The lowest BCUT2D eigenvalue weighted by Crippen LogP contribution is -2.19. The van der Waals surface area contributed by atoms with Crippen molar-refractivity contribution < 1.29 is 0 Å². The number of hydrogen-bond acceptors (Lipinski definition) is 2. The van der Waals surface area contributed by atoms with Crippen molar-refractivity contribution >= 4 is 15.9 Å². The molecule has 0 radical (unpaired) electrons. The van der Waals surface area contributed by atoms with Gasteiger partial charge in [0.05, 0.1) is 15.9 Å². The quantitative estimate of drug-likeness (QED) is 0.785. The van der Waals surface area contributed by atoms with Gasteiger partial charge in [-0.3, -0.25) is 4.68 Å². The Labute approximate surface area is 113 Å². The van der Waals surface area contributed by atoms with E-state index >= 15 is 0 Å². The first kappa shape index (κ1) is 14.7. The molecule has 1 N–H and O–H groups in total. The summed E-state index contributed by atoms with van der Waals surface area (Å²) in [5.74, 6) is 0.686. The van der Waals surface area contributed by atoms with Crippen LogP contribution in [-0.4, -0.2) is 22.9 Å². The highest BCUT2D eigenvalue weighted by Gasteiger charge is 2.13. The van der Waals surface area contributed by atoms with Crippen LogP contribution >= 0.6 is 15.9 Å². The van der Waals surface area contributed by atoms with Crippen LogP contribution in [0.2, 0.25) is 0 Å². The monoisotopic (exact) mass is 301 g/mol. The van der Waals surface area contributed by atoms with E-state index in [-0.39, 0.29) is 0 Å². The topological polar surface area (TPSA) is 29.9 Å². The first-order valence-electron chi connectivity index (χ1n) is 6.45. The van der Waals surface area contributed by atoms with E-state index in [2.05, 4.69) is 40.2 Å². The third-order valence-corrected chi connectivity index (χ3v) is 4.08. The molecular weight excluding hydrogens is 278 g/mol. The van der Waals surface area contributed by atoms with Crippen LogP contribution in [0, 0.1) is 12.8 Å². The lowest BCUT2D eigenvalue weighted by Gasteiger charge is -2.12. The average molecular weight is 302 g/mol. The molecule has 0 saturated heterocycles. The average Bonchev–Trinajstić information content (AvgIpc) is 2.52. The number of rotatable bonds is 7. The van der Waals surface area contributed by atoms with Gasteiger partial charge >= 0.3 is 0 Å². The minimum Gasteiger partial charge on any atom is -0.317 e. The zero-order valence-electron chi connectivity index (χ0n) is 11.4. The van der Waals surface area contributed by atoms with Crippen molar-refractivity contribution in [2.75, 3.05) is 13.1 Å². The smallest absolute Gasteiger partial charge is 0.0738 e. The molecule has 4 heteroatoms. The molecule has 0 spiro atoms. The molecule has 0 aromatic carbocycles. The van der Waals surface area contributed by atoms with Gasteiger partial charge in [-0.25, -0.2) is 0 Å². The van der Waals surface area contributed by atoms with E-state index in [1.165, 1.54) is 23.0 Å². The molecule has 3 nitrogen and oxygen atoms in total. The molecule has 0 saturated carbocycles. The summed E-state index contributed by atoms with van der Waals surface area (Å²) in [6.45, 7) is 8.79. The van der Waals surface area contributed by atoms with E-state index in [4.69, 9.17) is 0 Å². The maximum absolute atomic E-state index is 4.43. The Morgan fingerprint density at radius 2 is 2.12 bits per heavy atom. The van der Waals surface area contributed by atoms with E-state index in [0.29, 0.717) is 5.92 Å². The summed E-state index contributed by atoms with van der Waals surface area (Å²) in [7, 11) is 2.02. The van der Waals surface area contributed by atoms with Crippen molar-refractivity contribution in [3.05, 3.63) is 15.9 Å². The second kappa shape index (κ2) is 7.17. The van der Waals surface area contributed by atoms with Gasteiger partial charge in [-0.05, 0) is 61.1 Å². The highest BCUT2D eigenvalue weighted by molar-refractivity contribution is 9.10. The van der Waals surface area contributed by atoms with Crippen molar-refractivity contribution in [1.29, 1.82) is 0 Å². The number of nitrogens with one attached hydrogen (secondary N) is 1. The van der Waals surface area contributed by atoms with Crippen LogP contribution in [-0.2, 0) is 13.5 Å². The second-order valence-corrected chi connectivity index (χ2v) is 5.61. The van der Waals surface area contributed by atoms with Crippen molar-refractivity contribution in [3.63, 3.8) is 0 Å². The maximum atomic E-state index is 4.43. The molecule has 0 aliphatic carbocycles. The lowest BCUT2D eigenvalue weighted by molar-refractivity contribution is 0.483. The van der Waals surface area contributed by atoms with Crippen molar-refractivity contribution in [3.8, 4) is 0 Å². The molecule has 1 atom stereocenters. The number of aromatic nitrogens is 2. The molecule has 0 aliphatic rings. The van der Waals surface area contributed by atoms with E-state index < -0.39 is 0 Å². The van der Waals surface area contributed by atoms with Gasteiger partial charge in [0.15, 0.2) is 0 Å². The molecule has 1 unspecified atom stereocenters. The molecule has 1 aromatic rings. The minimum absolute atomic E-state index is 0.686. The summed E-state index contributed by atoms with van der Waals surface area (Å²) in [5, 5.41) is 7.88. The number of aryl methyl sites for hydroxylation is 2. The van der Waals surface area contributed by atoms with Crippen LogP contribution in [0.4, 0.5) is 0 Å². The third kappa shape index (κ3) is 4.43. The summed E-state index contributed by atoms with van der Waals surface area (Å²) < 4.78 is 3.17. The number of nitrogens with zero attached hydrogens (tertiary/aromatic N) is 2. The Hall–Kier alpha value is -0.350. The predicted octanol–water partition coefficient (Wildman–Crippen LogP) is 3.06. The normalized spacial score (nSPS) is 13.0. The largest absolute Gasteiger partial charge is 0.317 e. The van der Waals surface area contributed by atoms with Gasteiger partial charge in [0.2, 0.25) is 0 Å². The van der Waals surface area contributed by atoms with E-state index in [1.54, 1.807) is 0 Å². The van der Waals surface area contributed by atoms with Crippen LogP contribution in [0.1, 0.15) is 38.1 Å². The summed E-state index contributed by atoms with van der Waals surface area (Å²) in [6, 6.07) is 0. The molecule has 0 bridgehead atoms. The van der Waals surface area contributed by atoms with Gasteiger partial charge in [0.1, 0.15) is 0 Å². The predicted molar refractivity (Wildman–Crippen MR) is 76.3 cm³/mol. The molecule has 0 amide bonds. The van der Waals surface area contributed by atoms with Gasteiger partial charge in [0.25, 0.3) is 0 Å². The van der Waals surface area contributed by atoms with Crippen molar-refractivity contribution in [1.82, 2.24) is 15.1 Å². The summed E-state index contributed by atoms with van der Waals surface area (Å²) in [4.78, 5) is 0. The zero-order valence-corrected chi connectivity index (χ0v) is 13.0. The van der Waals surface area contributed by atoms with Gasteiger partial charge in [-0.1, -0.05) is 13.8 Å².